The highest BCUT2D eigenvalue weighted by Crippen LogP contribution is 2.47. The summed E-state index contributed by atoms with van der Waals surface area (Å²) in [4.78, 5) is 21.6. The van der Waals surface area contributed by atoms with Crippen molar-refractivity contribution in [2.45, 2.75) is 25.1 Å². The molecule has 12 heteroatoms. The summed E-state index contributed by atoms with van der Waals surface area (Å²) in [6.07, 6.45) is 1.30. The molecule has 2 aliphatic heterocycles. The van der Waals surface area contributed by atoms with Gasteiger partial charge in [-0.25, -0.2) is 13.8 Å². The van der Waals surface area contributed by atoms with Gasteiger partial charge < -0.3 is 19.5 Å². The number of benzene rings is 2. The lowest BCUT2D eigenvalue weighted by Crippen LogP contribution is -2.57. The standard InChI is InChI=1S/C36H35F2N5O4S/c1-5-30(44)42-11-12-43-28(21(42)2)18-27(40-43)34-32(31-26(38)16-24(37)17-29(31)47-14-13-46-4)35-25(10-15-48-35)33(39-34)22-6-8-23(9-7-22)36(45)19-41(3)20-36/h5-10,15-18,21,45H,1,11-14,19-20H2,2-4H3. The van der Waals surface area contributed by atoms with Crippen LogP contribution in [-0.2, 0) is 21.7 Å². The van der Waals surface area contributed by atoms with E-state index in [1.807, 2.05) is 60.4 Å². The van der Waals surface area contributed by atoms with Crippen LogP contribution in [0.3, 0.4) is 0 Å². The van der Waals surface area contributed by atoms with E-state index in [9.17, 15) is 14.3 Å². The Morgan fingerprint density at radius 1 is 1.10 bits per heavy atom. The molecule has 248 valence electrons. The number of aromatic nitrogens is 3. The van der Waals surface area contributed by atoms with Gasteiger partial charge in [-0.2, -0.15) is 5.10 Å². The van der Waals surface area contributed by atoms with E-state index < -0.39 is 17.2 Å². The van der Waals surface area contributed by atoms with E-state index in [0.29, 0.717) is 48.8 Å². The molecule has 9 nitrogen and oxygen atoms in total. The predicted octanol–water partition coefficient (Wildman–Crippen LogP) is 6.02. The van der Waals surface area contributed by atoms with Crippen molar-refractivity contribution in [3.05, 3.63) is 89.5 Å². The number of amides is 1. The van der Waals surface area contributed by atoms with Crippen LogP contribution in [0.15, 0.2) is 66.6 Å². The third kappa shape index (κ3) is 5.48. The lowest BCUT2D eigenvalue weighted by Gasteiger charge is -2.44. The van der Waals surface area contributed by atoms with Gasteiger partial charge in [0.15, 0.2) is 0 Å². The van der Waals surface area contributed by atoms with Gasteiger partial charge in [-0.15, -0.1) is 11.3 Å². The van der Waals surface area contributed by atoms with Gasteiger partial charge in [-0.1, -0.05) is 30.8 Å². The number of carbonyl (C=O) groups is 1. The number of methoxy groups -OCH3 is 1. The summed E-state index contributed by atoms with van der Waals surface area (Å²) in [6, 6.07) is 13.2. The van der Waals surface area contributed by atoms with Crippen LogP contribution in [0.2, 0.25) is 0 Å². The van der Waals surface area contributed by atoms with Crippen molar-refractivity contribution in [3.8, 4) is 39.5 Å². The molecular formula is C36H35F2N5O4S. The van der Waals surface area contributed by atoms with Gasteiger partial charge in [-0.3, -0.25) is 14.4 Å². The molecule has 1 unspecified atom stereocenters. The molecule has 5 heterocycles. The Kier molecular flexibility index (Phi) is 8.36. The molecule has 5 aromatic rings. The molecule has 1 saturated heterocycles. The van der Waals surface area contributed by atoms with Gasteiger partial charge in [0.1, 0.15) is 41.0 Å². The molecule has 2 aliphatic rings. The van der Waals surface area contributed by atoms with Crippen molar-refractivity contribution in [1.82, 2.24) is 24.6 Å². The lowest BCUT2D eigenvalue weighted by molar-refractivity contribution is -0.129. The molecule has 1 fully saturated rings. The Bertz CT molecular complexity index is 2040. The zero-order chi connectivity index (χ0) is 33.7. The molecule has 0 spiro atoms. The molecule has 1 N–H and O–H groups in total. The van der Waals surface area contributed by atoms with E-state index in [1.54, 1.807) is 4.90 Å². The van der Waals surface area contributed by atoms with E-state index in [0.717, 1.165) is 33.0 Å². The molecule has 3 aromatic heterocycles. The molecule has 7 rings (SSSR count). The number of fused-ring (bicyclic) bond motifs is 2. The first-order valence-corrected chi connectivity index (χ1v) is 16.5. The topological polar surface area (TPSA) is 93.0 Å². The average Bonchev–Trinajstić information content (AvgIpc) is 3.72. The fourth-order valence-electron chi connectivity index (χ4n) is 6.81. The lowest BCUT2D eigenvalue weighted by atomic mass is 9.86. The summed E-state index contributed by atoms with van der Waals surface area (Å²) in [5, 5.41) is 18.7. The summed E-state index contributed by atoms with van der Waals surface area (Å²) in [5.41, 5.74) is 3.55. The Morgan fingerprint density at radius 3 is 2.58 bits per heavy atom. The molecule has 0 aliphatic carbocycles. The fourth-order valence-corrected chi connectivity index (χ4v) is 7.76. The number of nitrogens with zero attached hydrogens (tertiary/aromatic N) is 5. The molecule has 1 atom stereocenters. The number of hydrogen-bond donors (Lipinski definition) is 1. The predicted molar refractivity (Wildman–Crippen MR) is 181 cm³/mol. The van der Waals surface area contributed by atoms with E-state index >= 15 is 4.39 Å². The summed E-state index contributed by atoms with van der Waals surface area (Å²) < 4.78 is 44.3. The van der Waals surface area contributed by atoms with Crippen molar-refractivity contribution in [1.29, 1.82) is 0 Å². The first kappa shape index (κ1) is 32.1. The second-order valence-electron chi connectivity index (χ2n) is 12.3. The molecule has 0 radical (unpaired) electrons. The van der Waals surface area contributed by atoms with Gasteiger partial charge in [0.2, 0.25) is 5.91 Å². The second-order valence-corrected chi connectivity index (χ2v) is 13.2. The molecule has 1 amide bonds. The number of pyridine rings is 1. The van der Waals surface area contributed by atoms with E-state index in [1.165, 1.54) is 30.6 Å². The molecule has 48 heavy (non-hydrogen) atoms. The number of thiophene rings is 1. The number of aliphatic hydroxyl groups is 1. The molecular weight excluding hydrogens is 636 g/mol. The number of β-amino-alcohol motifs (C(OH)–C–C–N with tert-alkyl or cyclic N) is 1. The molecule has 0 saturated carbocycles. The smallest absolute Gasteiger partial charge is 0.246 e. The zero-order valence-corrected chi connectivity index (χ0v) is 27.7. The van der Waals surface area contributed by atoms with E-state index in [2.05, 4.69) is 11.5 Å². The summed E-state index contributed by atoms with van der Waals surface area (Å²) >= 11 is 1.41. The van der Waals surface area contributed by atoms with Gasteiger partial charge >= 0.3 is 0 Å². The molecule has 0 bridgehead atoms. The summed E-state index contributed by atoms with van der Waals surface area (Å²) in [5.74, 6) is -1.71. The van der Waals surface area contributed by atoms with E-state index in [-0.39, 0.29) is 36.5 Å². The summed E-state index contributed by atoms with van der Waals surface area (Å²) in [7, 11) is 3.49. The van der Waals surface area contributed by atoms with Crippen molar-refractivity contribution in [3.63, 3.8) is 0 Å². The van der Waals surface area contributed by atoms with Gasteiger partial charge in [0, 0.05) is 60.1 Å². The number of ether oxygens (including phenoxy) is 2. The maximum atomic E-state index is 16.1. The maximum absolute atomic E-state index is 16.1. The second kappa shape index (κ2) is 12.5. The number of rotatable bonds is 9. The minimum Gasteiger partial charge on any atom is -0.490 e. The minimum absolute atomic E-state index is 0.0261. The summed E-state index contributed by atoms with van der Waals surface area (Å²) in [6.45, 7) is 7.89. The number of hydrogen-bond acceptors (Lipinski definition) is 8. The average molecular weight is 672 g/mol. The number of likely N-dealkylation sites (tertiary alicyclic amines) is 1. The van der Waals surface area contributed by atoms with Crippen LogP contribution >= 0.6 is 11.3 Å². The van der Waals surface area contributed by atoms with Crippen LogP contribution in [0.1, 0.15) is 24.2 Å². The fraction of sp³-hybridized carbons (Fsp3) is 0.306. The zero-order valence-electron chi connectivity index (χ0n) is 26.9. The first-order chi connectivity index (χ1) is 23.1. The van der Waals surface area contributed by atoms with E-state index in [4.69, 9.17) is 19.6 Å². The number of carbonyl (C=O) groups excluding carboxylic acids is 1. The number of halogens is 2. The third-order valence-electron chi connectivity index (χ3n) is 9.14. The minimum atomic E-state index is -0.903. The normalized spacial score (nSPS) is 17.3. The third-order valence-corrected chi connectivity index (χ3v) is 10.1. The largest absolute Gasteiger partial charge is 0.490 e. The van der Waals surface area contributed by atoms with Crippen molar-refractivity contribution in [2.75, 3.05) is 47.0 Å². The maximum Gasteiger partial charge on any atom is 0.246 e. The SMILES string of the molecule is C=CC(=O)N1CCn2nc(-c3nc(-c4ccc(C5(O)CN(C)C5)cc4)c4ccsc4c3-c3c(F)cc(F)cc3OCCOC)cc2C1C. The Balaban J connectivity index is 1.44. The van der Waals surface area contributed by atoms with Gasteiger partial charge in [-0.05, 0) is 43.1 Å². The Labute approximate surface area is 280 Å². The van der Waals surface area contributed by atoms with Crippen molar-refractivity contribution >= 4 is 27.3 Å². The highest BCUT2D eigenvalue weighted by molar-refractivity contribution is 7.18. The van der Waals surface area contributed by atoms with Crippen molar-refractivity contribution in [2.24, 2.45) is 0 Å². The van der Waals surface area contributed by atoms with Crippen LogP contribution in [0, 0.1) is 11.6 Å². The van der Waals surface area contributed by atoms with Crippen LogP contribution in [-0.4, -0.2) is 82.6 Å². The first-order valence-electron chi connectivity index (χ1n) is 15.7. The van der Waals surface area contributed by atoms with Gasteiger partial charge in [0.05, 0.1) is 36.1 Å². The quantitative estimate of drug-likeness (QED) is 0.151. The molecule has 2 aromatic carbocycles. The monoisotopic (exact) mass is 671 g/mol. The van der Waals surface area contributed by atoms with Crippen LogP contribution in [0.25, 0.3) is 43.9 Å². The van der Waals surface area contributed by atoms with Crippen LogP contribution in [0.4, 0.5) is 8.78 Å². The number of likely N-dealkylation sites (N-methyl/N-ethyl adjacent to an activating group) is 1. The van der Waals surface area contributed by atoms with Gasteiger partial charge in [0.25, 0.3) is 0 Å². The highest BCUT2D eigenvalue weighted by Gasteiger charge is 2.40. The highest BCUT2D eigenvalue weighted by atomic mass is 32.1. The Morgan fingerprint density at radius 2 is 1.88 bits per heavy atom. The Hall–Kier alpha value is -4.49. The van der Waals surface area contributed by atoms with Crippen molar-refractivity contribution < 1.29 is 28.2 Å². The van der Waals surface area contributed by atoms with Crippen LogP contribution in [0.5, 0.6) is 5.75 Å². The van der Waals surface area contributed by atoms with Crippen LogP contribution < -0.4 is 4.74 Å².